The molecule has 2 aromatic carbocycles. The van der Waals surface area contributed by atoms with Gasteiger partial charge in [-0.3, -0.25) is 4.79 Å². The summed E-state index contributed by atoms with van der Waals surface area (Å²) < 4.78 is 28.6. The summed E-state index contributed by atoms with van der Waals surface area (Å²) in [5, 5.41) is 0. The van der Waals surface area contributed by atoms with Gasteiger partial charge < -0.3 is 9.80 Å². The summed E-state index contributed by atoms with van der Waals surface area (Å²) >= 11 is 0. The lowest BCUT2D eigenvalue weighted by molar-refractivity contribution is -0.116. The van der Waals surface area contributed by atoms with Gasteiger partial charge in [0.25, 0.3) is 0 Å². The van der Waals surface area contributed by atoms with Crippen molar-refractivity contribution in [1.82, 2.24) is 9.62 Å². The number of anilines is 1. The molecule has 6 nitrogen and oxygen atoms in total. The van der Waals surface area contributed by atoms with Crippen LogP contribution < -0.4 is 9.62 Å². The average molecular weight is 416 g/mol. The molecule has 0 radical (unpaired) electrons. The maximum Gasteiger partial charge on any atom is 0.240 e. The Morgan fingerprint density at radius 3 is 2.45 bits per heavy atom. The third kappa shape index (κ3) is 4.69. The summed E-state index contributed by atoms with van der Waals surface area (Å²) in [6.45, 7) is 4.50. The van der Waals surface area contributed by atoms with Crippen molar-refractivity contribution in [3.63, 3.8) is 0 Å². The van der Waals surface area contributed by atoms with Gasteiger partial charge in [0.1, 0.15) is 0 Å². The Kier molecular flexibility index (Phi) is 6.41. The Balaban J connectivity index is 1.77. The molecule has 2 aromatic rings. The Labute approximate surface area is 173 Å². The molecule has 0 unspecified atom stereocenters. The smallest absolute Gasteiger partial charge is 0.240 e. The normalized spacial score (nSPS) is 14.9. The molecule has 1 amide bonds. The fourth-order valence-electron chi connectivity index (χ4n) is 3.72. The summed E-state index contributed by atoms with van der Waals surface area (Å²) in [5.41, 5.74) is 4.02. The van der Waals surface area contributed by atoms with Crippen molar-refractivity contribution in [2.45, 2.75) is 37.6 Å². The zero-order valence-corrected chi connectivity index (χ0v) is 18.3. The largest absolute Gasteiger partial charge is 0.312 e. The Bertz CT molecular complexity index is 985. The van der Waals surface area contributed by atoms with Crippen LogP contribution in [-0.4, -0.2) is 46.4 Å². The molecule has 3 rings (SSSR count). The predicted molar refractivity (Wildman–Crippen MR) is 116 cm³/mol. The molecule has 7 heteroatoms. The molecule has 29 heavy (non-hydrogen) atoms. The van der Waals surface area contributed by atoms with E-state index in [1.165, 1.54) is 12.5 Å². The number of nitrogens with zero attached hydrogens (tertiary/aromatic N) is 2. The van der Waals surface area contributed by atoms with Crippen LogP contribution in [0.5, 0.6) is 0 Å². The van der Waals surface area contributed by atoms with Crippen molar-refractivity contribution in [2.24, 2.45) is 0 Å². The fourth-order valence-corrected chi connectivity index (χ4v) is 4.81. The summed E-state index contributed by atoms with van der Waals surface area (Å²) in [5.74, 6) is -0.0274. The number of aryl methyl sites for hydroxylation is 1. The molecular weight excluding hydrogens is 386 g/mol. The first-order chi connectivity index (χ1) is 13.7. The highest BCUT2D eigenvalue weighted by Crippen LogP contribution is 2.30. The number of amides is 1. The minimum atomic E-state index is -3.65. The molecule has 0 aliphatic carbocycles. The van der Waals surface area contributed by atoms with Crippen LogP contribution in [0.3, 0.4) is 0 Å². The highest BCUT2D eigenvalue weighted by atomic mass is 32.2. The van der Waals surface area contributed by atoms with Gasteiger partial charge in [-0.2, -0.15) is 0 Å². The lowest BCUT2D eigenvalue weighted by atomic mass is 10.0. The quantitative estimate of drug-likeness (QED) is 0.755. The van der Waals surface area contributed by atoms with Gasteiger partial charge in [0.05, 0.1) is 4.90 Å². The number of fused-ring (bicyclic) bond motifs is 1. The standard InChI is InChI=1S/C22H29N3O3S/c1-5-17-6-8-18(9-7-17)22(24(3)4)15-23-29(27,28)20-10-11-21-19(14-20)12-13-25(21)16(2)26/h6-11,14,22-23H,5,12-13,15H2,1-4H3/t22-/m1/s1. The van der Waals surface area contributed by atoms with Crippen molar-refractivity contribution >= 4 is 21.6 Å². The molecule has 0 bridgehead atoms. The van der Waals surface area contributed by atoms with Gasteiger partial charge in [0.2, 0.25) is 15.9 Å². The van der Waals surface area contributed by atoms with E-state index < -0.39 is 10.0 Å². The number of benzene rings is 2. The topological polar surface area (TPSA) is 69.7 Å². The predicted octanol–water partition coefficient (Wildman–Crippen LogP) is 2.74. The summed E-state index contributed by atoms with van der Waals surface area (Å²) in [4.78, 5) is 15.6. The Hall–Kier alpha value is -2.22. The van der Waals surface area contributed by atoms with Gasteiger partial charge in [-0.25, -0.2) is 13.1 Å². The number of carbonyl (C=O) groups excluding carboxylic acids is 1. The second-order valence-corrected chi connectivity index (χ2v) is 9.40. The molecule has 156 valence electrons. The van der Waals surface area contributed by atoms with Crippen molar-refractivity contribution < 1.29 is 13.2 Å². The van der Waals surface area contributed by atoms with Crippen molar-refractivity contribution in [3.05, 3.63) is 59.2 Å². The minimum absolute atomic E-state index is 0.0274. The SMILES string of the molecule is CCc1ccc([C@@H](CNS(=O)(=O)c2ccc3c(c2)CCN3C(C)=O)N(C)C)cc1. The molecule has 1 atom stereocenters. The number of carbonyl (C=O) groups is 1. The van der Waals surface area contributed by atoms with E-state index in [2.05, 4.69) is 35.9 Å². The average Bonchev–Trinajstić information content (AvgIpc) is 3.12. The maximum absolute atomic E-state index is 12.9. The van der Waals surface area contributed by atoms with Gasteiger partial charge in [0, 0.05) is 31.7 Å². The van der Waals surface area contributed by atoms with E-state index in [4.69, 9.17) is 0 Å². The highest BCUT2D eigenvalue weighted by Gasteiger charge is 2.25. The molecule has 0 saturated carbocycles. The van der Waals surface area contributed by atoms with Crippen LogP contribution >= 0.6 is 0 Å². The van der Waals surface area contributed by atoms with Crippen molar-refractivity contribution in [3.8, 4) is 0 Å². The molecule has 0 fully saturated rings. The molecule has 0 saturated heterocycles. The van der Waals surface area contributed by atoms with Crippen LogP contribution in [0.25, 0.3) is 0 Å². The zero-order chi connectivity index (χ0) is 21.2. The fraction of sp³-hybridized carbons (Fsp3) is 0.409. The van der Waals surface area contributed by atoms with Gasteiger partial charge in [0.15, 0.2) is 0 Å². The molecule has 1 aliphatic heterocycles. The number of rotatable bonds is 7. The number of hydrogen-bond acceptors (Lipinski definition) is 4. The van der Waals surface area contributed by atoms with Gasteiger partial charge in [-0.05, 0) is 61.8 Å². The van der Waals surface area contributed by atoms with Crippen molar-refractivity contribution in [2.75, 3.05) is 32.1 Å². The molecule has 0 aromatic heterocycles. The number of likely N-dealkylation sites (N-methyl/N-ethyl adjacent to an activating group) is 1. The first-order valence-corrected chi connectivity index (χ1v) is 11.4. The first kappa shape index (κ1) is 21.5. The summed E-state index contributed by atoms with van der Waals surface area (Å²) in [6, 6.07) is 13.2. The zero-order valence-electron chi connectivity index (χ0n) is 17.5. The van der Waals surface area contributed by atoms with Crippen LogP contribution in [0.15, 0.2) is 47.4 Å². The minimum Gasteiger partial charge on any atom is -0.312 e. The van der Waals surface area contributed by atoms with E-state index in [9.17, 15) is 13.2 Å². The number of sulfonamides is 1. The maximum atomic E-state index is 12.9. The Morgan fingerprint density at radius 1 is 1.17 bits per heavy atom. The van der Waals surface area contributed by atoms with Crippen LogP contribution in [-0.2, 0) is 27.7 Å². The molecule has 1 heterocycles. The molecule has 1 aliphatic rings. The van der Waals surface area contributed by atoms with E-state index >= 15 is 0 Å². The van der Waals surface area contributed by atoms with Crippen LogP contribution in [0.4, 0.5) is 5.69 Å². The Morgan fingerprint density at radius 2 is 1.86 bits per heavy atom. The second kappa shape index (κ2) is 8.65. The lowest BCUT2D eigenvalue weighted by Crippen LogP contribution is -2.34. The number of nitrogens with one attached hydrogen (secondary N) is 1. The summed E-state index contributed by atoms with van der Waals surface area (Å²) in [6.07, 6.45) is 1.64. The number of hydrogen-bond donors (Lipinski definition) is 1. The van der Waals surface area contributed by atoms with Crippen molar-refractivity contribution in [1.29, 1.82) is 0 Å². The van der Waals surface area contributed by atoms with Crippen LogP contribution in [0.1, 0.15) is 36.6 Å². The van der Waals surface area contributed by atoms with E-state index in [1.807, 2.05) is 19.0 Å². The van der Waals surface area contributed by atoms with E-state index in [0.717, 1.165) is 23.2 Å². The first-order valence-electron chi connectivity index (χ1n) is 9.89. The van der Waals surface area contributed by atoms with Gasteiger partial charge >= 0.3 is 0 Å². The molecular formula is C22H29N3O3S. The second-order valence-electron chi connectivity index (χ2n) is 7.64. The van der Waals surface area contributed by atoms with E-state index in [-0.39, 0.29) is 23.4 Å². The van der Waals surface area contributed by atoms with Gasteiger partial charge in [-0.15, -0.1) is 0 Å². The van der Waals surface area contributed by atoms with Crippen LogP contribution in [0.2, 0.25) is 0 Å². The van der Waals surface area contributed by atoms with E-state index in [1.54, 1.807) is 23.1 Å². The van der Waals surface area contributed by atoms with Crippen LogP contribution in [0, 0.1) is 0 Å². The molecule has 0 spiro atoms. The van der Waals surface area contributed by atoms with Gasteiger partial charge in [-0.1, -0.05) is 31.2 Å². The lowest BCUT2D eigenvalue weighted by Gasteiger charge is -2.25. The highest BCUT2D eigenvalue weighted by molar-refractivity contribution is 7.89. The molecule has 1 N–H and O–H groups in total. The third-order valence-electron chi connectivity index (χ3n) is 5.50. The summed E-state index contributed by atoms with van der Waals surface area (Å²) in [7, 11) is 0.237. The van der Waals surface area contributed by atoms with E-state index in [0.29, 0.717) is 13.0 Å². The third-order valence-corrected chi connectivity index (χ3v) is 6.92. The monoisotopic (exact) mass is 415 g/mol.